The van der Waals surface area contributed by atoms with Crippen molar-refractivity contribution in [1.82, 2.24) is 9.55 Å². The largest absolute Gasteiger partial charge is 0.464 e. The summed E-state index contributed by atoms with van der Waals surface area (Å²) in [5.41, 5.74) is 2.80. The maximum atomic E-state index is 12.3. The summed E-state index contributed by atoms with van der Waals surface area (Å²) in [5.74, 6) is -0.295. The van der Waals surface area contributed by atoms with Crippen LogP contribution in [0.4, 0.5) is 5.69 Å². The standard InChI is InChI=1S/C16H21N3O2/c1-4-19-11-17-10-14(19)15(16(20)21-5-2)18-13-9-7-6-8-12(13)3/h6-11,15,18H,4-5H2,1-3H3. The van der Waals surface area contributed by atoms with E-state index in [0.29, 0.717) is 6.61 Å². The average molecular weight is 287 g/mol. The first-order chi connectivity index (χ1) is 10.2. The van der Waals surface area contributed by atoms with Crippen LogP contribution in [0.5, 0.6) is 0 Å². The molecule has 0 saturated heterocycles. The number of benzene rings is 1. The smallest absolute Gasteiger partial charge is 0.334 e. The van der Waals surface area contributed by atoms with Crippen LogP contribution in [-0.4, -0.2) is 22.1 Å². The number of para-hydroxylation sites is 1. The number of carbonyl (C=O) groups excluding carboxylic acids is 1. The lowest BCUT2D eigenvalue weighted by Gasteiger charge is -2.20. The first-order valence-electron chi connectivity index (χ1n) is 7.16. The van der Waals surface area contributed by atoms with E-state index in [2.05, 4.69) is 10.3 Å². The van der Waals surface area contributed by atoms with Crippen molar-refractivity contribution in [2.24, 2.45) is 0 Å². The van der Waals surface area contributed by atoms with Crippen LogP contribution in [-0.2, 0) is 16.1 Å². The number of carbonyl (C=O) groups is 1. The molecular weight excluding hydrogens is 266 g/mol. The number of anilines is 1. The Balaban J connectivity index is 2.33. The monoisotopic (exact) mass is 287 g/mol. The van der Waals surface area contributed by atoms with Crippen molar-refractivity contribution in [3.63, 3.8) is 0 Å². The van der Waals surface area contributed by atoms with Gasteiger partial charge in [-0.3, -0.25) is 0 Å². The summed E-state index contributed by atoms with van der Waals surface area (Å²) in [4.78, 5) is 16.4. The van der Waals surface area contributed by atoms with Gasteiger partial charge in [0.2, 0.25) is 0 Å². The van der Waals surface area contributed by atoms with E-state index < -0.39 is 6.04 Å². The Morgan fingerprint density at radius 1 is 1.38 bits per heavy atom. The minimum absolute atomic E-state index is 0.295. The molecule has 1 N–H and O–H groups in total. The molecule has 1 heterocycles. The van der Waals surface area contributed by atoms with Crippen LogP contribution in [0.1, 0.15) is 31.1 Å². The molecule has 112 valence electrons. The number of imidazole rings is 1. The first-order valence-corrected chi connectivity index (χ1v) is 7.16. The summed E-state index contributed by atoms with van der Waals surface area (Å²) in [6.07, 6.45) is 3.43. The van der Waals surface area contributed by atoms with Crippen LogP contribution in [0.3, 0.4) is 0 Å². The molecule has 2 aromatic rings. The molecule has 0 spiro atoms. The van der Waals surface area contributed by atoms with Gasteiger partial charge in [0, 0.05) is 12.2 Å². The number of aromatic nitrogens is 2. The minimum Gasteiger partial charge on any atom is -0.464 e. The van der Waals surface area contributed by atoms with Crippen molar-refractivity contribution in [3.05, 3.63) is 48.0 Å². The second-order valence-corrected chi connectivity index (χ2v) is 4.75. The zero-order chi connectivity index (χ0) is 15.2. The summed E-state index contributed by atoms with van der Waals surface area (Å²) >= 11 is 0. The third kappa shape index (κ3) is 3.42. The molecule has 5 heteroatoms. The lowest BCUT2D eigenvalue weighted by molar-refractivity contribution is -0.144. The van der Waals surface area contributed by atoms with Gasteiger partial charge in [-0.05, 0) is 32.4 Å². The Hall–Kier alpha value is -2.30. The van der Waals surface area contributed by atoms with Crippen LogP contribution < -0.4 is 5.32 Å². The highest BCUT2D eigenvalue weighted by Gasteiger charge is 2.25. The SMILES string of the molecule is CCOC(=O)C(Nc1ccccc1C)c1cncn1CC. The van der Waals surface area contributed by atoms with Gasteiger partial charge in [0.05, 0.1) is 24.8 Å². The van der Waals surface area contributed by atoms with Crippen molar-refractivity contribution < 1.29 is 9.53 Å². The van der Waals surface area contributed by atoms with Crippen molar-refractivity contribution in [2.75, 3.05) is 11.9 Å². The van der Waals surface area contributed by atoms with E-state index in [1.54, 1.807) is 19.4 Å². The van der Waals surface area contributed by atoms with Gasteiger partial charge >= 0.3 is 5.97 Å². The molecule has 1 aromatic carbocycles. The van der Waals surface area contributed by atoms with Gasteiger partial charge in [0.15, 0.2) is 6.04 Å². The van der Waals surface area contributed by atoms with E-state index in [0.717, 1.165) is 23.5 Å². The van der Waals surface area contributed by atoms with Crippen LogP contribution in [0.25, 0.3) is 0 Å². The van der Waals surface area contributed by atoms with Gasteiger partial charge < -0.3 is 14.6 Å². The molecule has 1 unspecified atom stereocenters. The average Bonchev–Trinajstić information content (AvgIpc) is 2.94. The van der Waals surface area contributed by atoms with Crippen molar-refractivity contribution >= 4 is 11.7 Å². The van der Waals surface area contributed by atoms with Crippen LogP contribution in [0.15, 0.2) is 36.8 Å². The molecule has 0 aliphatic heterocycles. The van der Waals surface area contributed by atoms with E-state index in [1.807, 2.05) is 42.7 Å². The maximum Gasteiger partial charge on any atom is 0.334 e. The summed E-state index contributed by atoms with van der Waals surface area (Å²) < 4.78 is 7.13. The molecule has 21 heavy (non-hydrogen) atoms. The van der Waals surface area contributed by atoms with Crippen molar-refractivity contribution in [2.45, 2.75) is 33.4 Å². The van der Waals surface area contributed by atoms with Gasteiger partial charge in [-0.1, -0.05) is 18.2 Å². The first kappa shape index (κ1) is 15.1. The maximum absolute atomic E-state index is 12.3. The van der Waals surface area contributed by atoms with Gasteiger partial charge in [-0.15, -0.1) is 0 Å². The van der Waals surface area contributed by atoms with Crippen LogP contribution in [0.2, 0.25) is 0 Å². The van der Waals surface area contributed by atoms with Crippen molar-refractivity contribution in [3.8, 4) is 0 Å². The zero-order valence-corrected chi connectivity index (χ0v) is 12.7. The fraction of sp³-hybridized carbons (Fsp3) is 0.375. The molecule has 0 aliphatic carbocycles. The Bertz CT molecular complexity index is 607. The Morgan fingerprint density at radius 2 is 2.14 bits per heavy atom. The Labute approximate surface area is 125 Å². The van der Waals surface area contributed by atoms with E-state index in [9.17, 15) is 4.79 Å². The van der Waals surface area contributed by atoms with E-state index in [-0.39, 0.29) is 5.97 Å². The molecule has 0 radical (unpaired) electrons. The predicted molar refractivity (Wildman–Crippen MR) is 82.1 cm³/mol. The molecule has 5 nitrogen and oxygen atoms in total. The van der Waals surface area contributed by atoms with Gasteiger partial charge in [-0.25, -0.2) is 9.78 Å². The molecule has 0 bridgehead atoms. The Morgan fingerprint density at radius 3 is 2.81 bits per heavy atom. The molecule has 1 atom stereocenters. The van der Waals surface area contributed by atoms with Gasteiger partial charge in [-0.2, -0.15) is 0 Å². The normalized spacial score (nSPS) is 12.0. The fourth-order valence-electron chi connectivity index (χ4n) is 2.21. The second kappa shape index (κ2) is 6.92. The molecule has 0 saturated carbocycles. The fourth-order valence-corrected chi connectivity index (χ4v) is 2.21. The molecule has 0 aliphatic rings. The van der Waals surface area contributed by atoms with E-state index in [4.69, 9.17) is 4.74 Å². The quantitative estimate of drug-likeness (QED) is 0.830. The lowest BCUT2D eigenvalue weighted by atomic mass is 10.1. The van der Waals surface area contributed by atoms with Crippen LogP contribution >= 0.6 is 0 Å². The van der Waals surface area contributed by atoms with E-state index >= 15 is 0 Å². The highest BCUT2D eigenvalue weighted by atomic mass is 16.5. The second-order valence-electron chi connectivity index (χ2n) is 4.75. The van der Waals surface area contributed by atoms with Gasteiger partial charge in [0.1, 0.15) is 0 Å². The van der Waals surface area contributed by atoms with Gasteiger partial charge in [0.25, 0.3) is 0 Å². The number of rotatable bonds is 6. The predicted octanol–water partition coefficient (Wildman–Crippen LogP) is 2.93. The highest BCUT2D eigenvalue weighted by molar-refractivity contribution is 5.80. The summed E-state index contributed by atoms with van der Waals surface area (Å²) in [7, 11) is 0. The lowest BCUT2D eigenvalue weighted by Crippen LogP contribution is -2.26. The highest BCUT2D eigenvalue weighted by Crippen LogP contribution is 2.23. The molecular formula is C16H21N3O2. The van der Waals surface area contributed by atoms with Crippen molar-refractivity contribution in [1.29, 1.82) is 0 Å². The number of ether oxygens (including phenoxy) is 1. The number of nitrogens with zero attached hydrogens (tertiary/aromatic N) is 2. The number of aryl methyl sites for hydroxylation is 2. The summed E-state index contributed by atoms with van der Waals surface area (Å²) in [6, 6.07) is 7.30. The number of nitrogens with one attached hydrogen (secondary N) is 1. The molecule has 1 aromatic heterocycles. The number of hydrogen-bond acceptors (Lipinski definition) is 4. The van der Waals surface area contributed by atoms with E-state index in [1.165, 1.54) is 0 Å². The third-order valence-corrected chi connectivity index (χ3v) is 3.35. The van der Waals surface area contributed by atoms with Crippen LogP contribution in [0, 0.1) is 6.92 Å². The summed E-state index contributed by atoms with van der Waals surface area (Å²) in [5, 5.41) is 3.27. The third-order valence-electron chi connectivity index (χ3n) is 3.35. The Kier molecular flexibility index (Phi) is 4.98. The molecule has 0 fully saturated rings. The topological polar surface area (TPSA) is 56.1 Å². The number of esters is 1. The molecule has 2 rings (SSSR count). The number of hydrogen-bond donors (Lipinski definition) is 1. The zero-order valence-electron chi connectivity index (χ0n) is 12.7. The molecule has 0 amide bonds. The summed E-state index contributed by atoms with van der Waals surface area (Å²) in [6.45, 7) is 6.93. The minimum atomic E-state index is -0.562.